The topological polar surface area (TPSA) is 50.4 Å². The zero-order chi connectivity index (χ0) is 15.6. The molecule has 0 bridgehead atoms. The average molecular weight is 326 g/mol. The molecule has 1 aromatic rings. The minimum atomic E-state index is -0.281. The third-order valence-corrected chi connectivity index (χ3v) is 4.94. The van der Waals surface area contributed by atoms with E-state index in [9.17, 15) is 4.79 Å². The van der Waals surface area contributed by atoms with Crippen molar-refractivity contribution in [3.63, 3.8) is 0 Å². The molecule has 1 aliphatic rings. The Bertz CT molecular complexity index is 552. The third kappa shape index (κ3) is 3.74. The molecule has 4 nitrogen and oxygen atoms in total. The number of ether oxygens (including phenoxy) is 1. The van der Waals surface area contributed by atoms with Crippen LogP contribution in [0, 0.1) is 5.92 Å². The molecule has 0 fully saturated rings. The van der Waals surface area contributed by atoms with Crippen LogP contribution in [-0.4, -0.2) is 24.2 Å². The maximum absolute atomic E-state index is 12.1. The first kappa shape index (κ1) is 16.2. The van der Waals surface area contributed by atoms with Crippen LogP contribution in [0.4, 0.5) is 5.00 Å². The van der Waals surface area contributed by atoms with E-state index in [0.717, 1.165) is 29.8 Å². The molecule has 0 saturated heterocycles. The number of rotatable bonds is 3. The zero-order valence-corrected chi connectivity index (χ0v) is 14.5. The summed E-state index contributed by atoms with van der Waals surface area (Å²) in [6.45, 7) is 6.30. The number of carbonyl (C=O) groups is 1. The van der Waals surface area contributed by atoms with Crippen LogP contribution in [-0.2, 0) is 17.6 Å². The number of nitrogens with one attached hydrogen (secondary N) is 2. The second kappa shape index (κ2) is 6.75. The molecule has 0 amide bonds. The molecule has 2 N–H and O–H groups in total. The monoisotopic (exact) mass is 326 g/mol. The minimum Gasteiger partial charge on any atom is -0.465 e. The Morgan fingerprint density at radius 2 is 2.19 bits per heavy atom. The van der Waals surface area contributed by atoms with Crippen molar-refractivity contribution in [1.82, 2.24) is 5.32 Å². The van der Waals surface area contributed by atoms with E-state index in [-0.39, 0.29) is 12.0 Å². The van der Waals surface area contributed by atoms with Gasteiger partial charge in [0.25, 0.3) is 0 Å². The first-order chi connectivity index (χ1) is 9.92. The summed E-state index contributed by atoms with van der Waals surface area (Å²) in [6, 6.07) is 0.251. The SMILES string of the molecule is COC(=O)c1c(NC(=S)NC(C)C)sc2c1CC[C@H](C)C2. The summed E-state index contributed by atoms with van der Waals surface area (Å²) < 4.78 is 4.95. The molecule has 0 aromatic carbocycles. The lowest BCUT2D eigenvalue weighted by molar-refractivity contribution is 0.0601. The summed E-state index contributed by atoms with van der Waals surface area (Å²) in [5.41, 5.74) is 1.80. The Morgan fingerprint density at radius 3 is 2.81 bits per heavy atom. The molecule has 0 spiro atoms. The highest BCUT2D eigenvalue weighted by molar-refractivity contribution is 7.80. The highest BCUT2D eigenvalue weighted by atomic mass is 32.1. The molecule has 1 aliphatic carbocycles. The van der Waals surface area contributed by atoms with Crippen molar-refractivity contribution < 1.29 is 9.53 Å². The summed E-state index contributed by atoms with van der Waals surface area (Å²) >= 11 is 6.92. The van der Waals surface area contributed by atoms with Crippen LogP contribution < -0.4 is 10.6 Å². The Labute approximate surface area is 135 Å². The van der Waals surface area contributed by atoms with Crippen molar-refractivity contribution in [3.05, 3.63) is 16.0 Å². The van der Waals surface area contributed by atoms with Gasteiger partial charge in [-0.25, -0.2) is 4.79 Å². The molecule has 0 saturated carbocycles. The first-order valence-electron chi connectivity index (χ1n) is 7.22. The van der Waals surface area contributed by atoms with E-state index in [4.69, 9.17) is 17.0 Å². The number of hydrogen-bond donors (Lipinski definition) is 2. The molecular formula is C15H22N2O2S2. The van der Waals surface area contributed by atoms with Gasteiger partial charge in [-0.1, -0.05) is 6.92 Å². The molecule has 2 rings (SSSR count). The third-order valence-electron chi connectivity index (χ3n) is 3.55. The van der Waals surface area contributed by atoms with Crippen molar-refractivity contribution in [2.45, 2.75) is 46.1 Å². The number of anilines is 1. The number of methoxy groups -OCH3 is 1. The molecular weight excluding hydrogens is 304 g/mol. The van der Waals surface area contributed by atoms with Crippen LogP contribution in [0.3, 0.4) is 0 Å². The van der Waals surface area contributed by atoms with Gasteiger partial charge in [0.2, 0.25) is 0 Å². The standard InChI is InChI=1S/C15H22N2O2S2/c1-8(2)16-15(20)17-13-12(14(18)19-4)10-6-5-9(3)7-11(10)21-13/h8-9H,5-7H2,1-4H3,(H2,16,17,20)/t9-/m0/s1. The zero-order valence-electron chi connectivity index (χ0n) is 12.9. The van der Waals surface area contributed by atoms with Crippen LogP contribution in [0.25, 0.3) is 0 Å². The molecule has 0 aliphatic heterocycles. The van der Waals surface area contributed by atoms with Crippen LogP contribution in [0.15, 0.2) is 0 Å². The average Bonchev–Trinajstić information content (AvgIpc) is 2.73. The predicted molar refractivity (Wildman–Crippen MR) is 91.3 cm³/mol. The minimum absolute atomic E-state index is 0.251. The Morgan fingerprint density at radius 1 is 1.48 bits per heavy atom. The first-order valence-corrected chi connectivity index (χ1v) is 8.45. The lowest BCUT2D eigenvalue weighted by atomic mass is 9.88. The Balaban J connectivity index is 2.31. The van der Waals surface area contributed by atoms with E-state index in [1.54, 1.807) is 11.3 Å². The van der Waals surface area contributed by atoms with E-state index in [2.05, 4.69) is 17.6 Å². The predicted octanol–water partition coefficient (Wildman–Crippen LogP) is 3.35. The van der Waals surface area contributed by atoms with Gasteiger partial charge in [0.1, 0.15) is 5.00 Å². The van der Waals surface area contributed by atoms with Gasteiger partial charge in [-0.3, -0.25) is 0 Å². The lowest BCUT2D eigenvalue weighted by Gasteiger charge is -2.18. The number of esters is 1. The highest BCUT2D eigenvalue weighted by Gasteiger charge is 2.28. The number of fused-ring (bicyclic) bond motifs is 1. The van der Waals surface area contributed by atoms with Gasteiger partial charge in [-0.2, -0.15) is 0 Å². The van der Waals surface area contributed by atoms with E-state index < -0.39 is 0 Å². The second-order valence-corrected chi connectivity index (χ2v) is 7.31. The fraction of sp³-hybridized carbons (Fsp3) is 0.600. The smallest absolute Gasteiger partial charge is 0.341 e. The molecule has 21 heavy (non-hydrogen) atoms. The second-order valence-electron chi connectivity index (χ2n) is 5.80. The van der Waals surface area contributed by atoms with Crippen molar-refractivity contribution in [2.24, 2.45) is 5.92 Å². The molecule has 6 heteroatoms. The van der Waals surface area contributed by atoms with Crippen LogP contribution in [0.1, 0.15) is 48.0 Å². The van der Waals surface area contributed by atoms with Crippen LogP contribution in [0.5, 0.6) is 0 Å². The van der Waals surface area contributed by atoms with Crippen molar-refractivity contribution in [3.8, 4) is 0 Å². The largest absolute Gasteiger partial charge is 0.465 e. The Hall–Kier alpha value is -1.14. The van der Waals surface area contributed by atoms with E-state index >= 15 is 0 Å². The summed E-state index contributed by atoms with van der Waals surface area (Å²) in [5, 5.41) is 7.65. The van der Waals surface area contributed by atoms with Gasteiger partial charge in [-0.05, 0) is 56.8 Å². The van der Waals surface area contributed by atoms with E-state index in [1.807, 2.05) is 13.8 Å². The van der Waals surface area contributed by atoms with Gasteiger partial charge in [0.15, 0.2) is 5.11 Å². The van der Waals surface area contributed by atoms with Gasteiger partial charge in [0, 0.05) is 10.9 Å². The fourth-order valence-electron chi connectivity index (χ4n) is 2.56. The van der Waals surface area contributed by atoms with Crippen LogP contribution in [0.2, 0.25) is 0 Å². The molecule has 116 valence electrons. The molecule has 1 aromatic heterocycles. The number of thiocarbonyl (C=S) groups is 1. The van der Waals surface area contributed by atoms with Crippen molar-refractivity contribution >= 4 is 39.6 Å². The number of hydrogen-bond acceptors (Lipinski definition) is 4. The van der Waals surface area contributed by atoms with Gasteiger partial charge < -0.3 is 15.4 Å². The van der Waals surface area contributed by atoms with Gasteiger partial charge in [0.05, 0.1) is 12.7 Å². The molecule has 1 heterocycles. The number of carbonyl (C=O) groups excluding carboxylic acids is 1. The highest BCUT2D eigenvalue weighted by Crippen LogP contribution is 2.39. The summed E-state index contributed by atoms with van der Waals surface area (Å²) in [4.78, 5) is 13.4. The summed E-state index contributed by atoms with van der Waals surface area (Å²) in [6.07, 6.45) is 3.07. The quantitative estimate of drug-likeness (QED) is 0.659. The molecule has 0 radical (unpaired) electrons. The normalized spacial score (nSPS) is 17.3. The van der Waals surface area contributed by atoms with Crippen LogP contribution >= 0.6 is 23.6 Å². The molecule has 0 unspecified atom stereocenters. The van der Waals surface area contributed by atoms with E-state index in [1.165, 1.54) is 12.0 Å². The van der Waals surface area contributed by atoms with E-state index in [0.29, 0.717) is 16.6 Å². The lowest BCUT2D eigenvalue weighted by Crippen LogP contribution is -2.34. The van der Waals surface area contributed by atoms with Gasteiger partial charge in [-0.15, -0.1) is 11.3 Å². The Kier molecular flexibility index (Phi) is 5.22. The summed E-state index contributed by atoms with van der Waals surface area (Å²) in [7, 11) is 1.42. The van der Waals surface area contributed by atoms with Crippen molar-refractivity contribution in [1.29, 1.82) is 0 Å². The number of thiophene rings is 1. The maximum Gasteiger partial charge on any atom is 0.341 e. The molecule has 1 atom stereocenters. The van der Waals surface area contributed by atoms with Gasteiger partial charge >= 0.3 is 5.97 Å². The fourth-order valence-corrected chi connectivity index (χ4v) is 4.36. The summed E-state index contributed by atoms with van der Waals surface area (Å²) in [5.74, 6) is 0.382. The van der Waals surface area contributed by atoms with Crippen molar-refractivity contribution in [2.75, 3.05) is 12.4 Å². The maximum atomic E-state index is 12.1.